The van der Waals surface area contributed by atoms with Gasteiger partial charge in [-0.3, -0.25) is 18.4 Å². The highest BCUT2D eigenvalue weighted by Crippen LogP contribution is 2.40. The number of nitrogen functional groups attached to an aromatic ring is 2. The van der Waals surface area contributed by atoms with Gasteiger partial charge in [-0.15, -0.1) is 0 Å². The molecule has 2 atom stereocenters. The largest absolute Gasteiger partial charge is 0.492 e. The number of fused-ring (bicyclic) bond motifs is 4. The molecule has 0 amide bonds. The Morgan fingerprint density at radius 1 is 0.523 bits per heavy atom. The molecule has 0 unspecified atom stereocenters. The van der Waals surface area contributed by atoms with Crippen molar-refractivity contribution in [2.75, 3.05) is 25.7 Å². The van der Waals surface area contributed by atoms with E-state index in [1.165, 1.54) is 109 Å². The van der Waals surface area contributed by atoms with Gasteiger partial charge in [0.2, 0.25) is 0 Å². The van der Waals surface area contributed by atoms with Crippen LogP contribution in [0.3, 0.4) is 0 Å². The average Bonchev–Trinajstić information content (AvgIpc) is 1.53. The topological polar surface area (TPSA) is 274 Å². The molecule has 86 heavy (non-hydrogen) atoms. The zero-order valence-electron chi connectivity index (χ0n) is 44.0. The summed E-state index contributed by atoms with van der Waals surface area (Å²) in [4.78, 5) is 53.6. The molecule has 0 fully saturated rings. The third kappa shape index (κ3) is 10.2. The smallest absolute Gasteiger partial charge is 0.266 e. The molecular weight excluding hydrogens is 1120 g/mol. The molecule has 432 valence electrons. The van der Waals surface area contributed by atoms with Crippen molar-refractivity contribution in [2.45, 2.75) is 40.8 Å². The van der Waals surface area contributed by atoms with Crippen molar-refractivity contribution in [1.29, 1.82) is 10.5 Å². The predicted molar refractivity (Wildman–Crippen MR) is 308 cm³/mol. The number of ether oxygens (including phenoxy) is 2. The van der Waals surface area contributed by atoms with Crippen LogP contribution in [-0.4, -0.2) is 72.5 Å². The number of benzene rings is 4. The van der Waals surface area contributed by atoms with E-state index in [1.807, 2.05) is 12.1 Å². The van der Waals surface area contributed by atoms with Gasteiger partial charge in [0, 0.05) is 23.5 Å². The van der Waals surface area contributed by atoms with E-state index in [0.29, 0.717) is 0 Å². The minimum atomic E-state index is -0.838. The minimum Gasteiger partial charge on any atom is -0.492 e. The Morgan fingerprint density at radius 2 is 0.919 bits per heavy atom. The van der Waals surface area contributed by atoms with Crippen molar-refractivity contribution in [3.05, 3.63) is 200 Å². The maximum absolute atomic E-state index is 14.9. The Bertz CT molecular complexity index is 4610. The van der Waals surface area contributed by atoms with Crippen LogP contribution in [0.4, 0.5) is 38.0 Å². The van der Waals surface area contributed by atoms with E-state index in [2.05, 4.69) is 40.1 Å². The van der Waals surface area contributed by atoms with Crippen LogP contribution in [0.2, 0.25) is 0 Å². The summed E-state index contributed by atoms with van der Waals surface area (Å²) in [5, 5.41) is 29.1. The van der Waals surface area contributed by atoms with Crippen LogP contribution in [0.5, 0.6) is 11.5 Å². The van der Waals surface area contributed by atoms with Crippen LogP contribution >= 0.6 is 0 Å². The van der Waals surface area contributed by atoms with Crippen LogP contribution in [0, 0.1) is 57.6 Å². The zero-order chi connectivity index (χ0) is 59.4. The lowest BCUT2D eigenvalue weighted by molar-refractivity contribution is 0.385. The first-order chi connectivity index (χ1) is 40.4. The van der Waals surface area contributed by atoms with Crippen molar-refractivity contribution in [2.24, 2.45) is 0 Å². The molecule has 12 aromatic rings. The van der Waals surface area contributed by atoms with Crippen LogP contribution in [0.1, 0.15) is 63.3 Å². The van der Waals surface area contributed by atoms with Crippen molar-refractivity contribution >= 4 is 45.0 Å². The molecule has 20 nitrogen and oxygen atoms in total. The summed E-state index contributed by atoms with van der Waals surface area (Å²) in [7, 11) is 2.50. The summed E-state index contributed by atoms with van der Waals surface area (Å²) in [5.74, 6) is -4.43. The van der Waals surface area contributed by atoms with Gasteiger partial charge in [0.25, 0.3) is 11.1 Å². The summed E-state index contributed by atoms with van der Waals surface area (Å²) in [5.41, 5.74) is 13.4. The fraction of sp³-hybridized carbons (Fsp3) is 0.133. The number of pyridine rings is 2. The molecule has 0 aliphatic rings. The Balaban J connectivity index is 0.000000201. The van der Waals surface area contributed by atoms with Crippen molar-refractivity contribution < 1.29 is 35.8 Å². The van der Waals surface area contributed by atoms with Crippen LogP contribution in [0.25, 0.3) is 78.1 Å². The lowest BCUT2D eigenvalue weighted by Gasteiger charge is -2.18. The molecule has 0 spiro atoms. The molecule has 0 saturated heterocycles. The molecule has 0 saturated carbocycles. The summed E-state index contributed by atoms with van der Waals surface area (Å²) in [6, 6.07) is 23.0. The fourth-order valence-electron chi connectivity index (χ4n) is 9.90. The Hall–Kier alpha value is -11.5. The highest BCUT2D eigenvalue weighted by atomic mass is 19.1. The molecule has 0 aliphatic carbocycles. The second-order valence-electron chi connectivity index (χ2n) is 18.7. The van der Waals surface area contributed by atoms with Gasteiger partial charge < -0.3 is 20.9 Å². The number of hydrogen-bond donors (Lipinski definition) is 2. The molecule has 8 heterocycles. The highest BCUT2D eigenvalue weighted by molar-refractivity contribution is 6.00. The summed E-state index contributed by atoms with van der Waals surface area (Å²) >= 11 is 0. The van der Waals surface area contributed by atoms with Gasteiger partial charge in [-0.1, -0.05) is 39.1 Å². The van der Waals surface area contributed by atoms with E-state index < -0.39 is 58.1 Å². The van der Waals surface area contributed by atoms with Crippen molar-refractivity contribution in [1.82, 2.24) is 58.3 Å². The van der Waals surface area contributed by atoms with Gasteiger partial charge >= 0.3 is 0 Å². The number of anilines is 2. The molecule has 4 aromatic carbocycles. The first-order valence-electron chi connectivity index (χ1n) is 24.9. The third-order valence-electron chi connectivity index (χ3n) is 13.7. The number of aromatic nitrogens is 12. The number of hydrogen-bond acceptors (Lipinski definition) is 16. The van der Waals surface area contributed by atoms with E-state index in [1.54, 1.807) is 26.0 Å². The molecule has 26 heteroatoms. The van der Waals surface area contributed by atoms with Gasteiger partial charge in [0.15, 0.2) is 34.4 Å². The number of rotatable bonds is 10. The van der Waals surface area contributed by atoms with Crippen LogP contribution in [-0.2, 0) is 0 Å². The second-order valence-corrected chi connectivity index (χ2v) is 18.7. The fourth-order valence-corrected chi connectivity index (χ4v) is 9.90. The standard InChI is InChI=1S/2C29H19F3N8O2.2CH4/c2*1-14(24-22(15-4-3-5-18(30)9-15)29(41)39-12-19(31)6-7-21(39)37-24)40-28-23(27(34)35-13-36-28)25(38-40)16-8-17(11-33)26(42-2)20(32)10-16;;/h2*3-10,12-14H,1-2H3,(H2,34,35,36);2*1H4/t2*14-;;/m10../s1. The number of nitriles is 2. The molecule has 0 bridgehead atoms. The van der Waals surface area contributed by atoms with Gasteiger partial charge in [-0.2, -0.15) is 20.7 Å². The number of nitrogens with zero attached hydrogens (tertiary/aromatic N) is 14. The van der Waals surface area contributed by atoms with Gasteiger partial charge in [0.05, 0.1) is 70.7 Å². The number of halogens is 6. The Morgan fingerprint density at radius 3 is 1.28 bits per heavy atom. The molecule has 4 N–H and O–H groups in total. The van der Waals surface area contributed by atoms with Crippen molar-refractivity contribution in [3.63, 3.8) is 0 Å². The lowest BCUT2D eigenvalue weighted by Crippen LogP contribution is -2.23. The number of nitrogens with two attached hydrogens (primary N) is 2. The van der Waals surface area contributed by atoms with Crippen molar-refractivity contribution in [3.8, 4) is 68.4 Å². The highest BCUT2D eigenvalue weighted by Gasteiger charge is 2.30. The molecule has 0 aliphatic heterocycles. The summed E-state index contributed by atoms with van der Waals surface area (Å²) < 4.78 is 102. The van der Waals surface area contributed by atoms with Crippen LogP contribution < -0.4 is 32.1 Å². The van der Waals surface area contributed by atoms with E-state index in [-0.39, 0.29) is 139 Å². The predicted octanol–water partition coefficient (Wildman–Crippen LogP) is 10.6. The minimum absolute atomic E-state index is 0. The van der Waals surface area contributed by atoms with E-state index in [0.717, 1.165) is 33.3 Å². The molecule has 12 rings (SSSR count). The molecule has 8 aromatic heterocycles. The SMILES string of the molecule is C.C.COc1c(F)cc(-c2nn([C@@H](C)c3nc4ccc(F)cn4c(=O)c3-c3cccc(F)c3)c3ncnc(N)c23)cc1C#N.COc1c(F)cc(-c2nn([C@H](C)c3nc4ccc(F)cn4c(=O)c3-c3cccc(F)c3)c3ncnc(N)c23)cc1C#N. The maximum atomic E-state index is 14.9. The van der Waals surface area contributed by atoms with E-state index in [9.17, 15) is 46.5 Å². The summed E-state index contributed by atoms with van der Waals surface area (Å²) in [6.45, 7) is 3.38. The van der Waals surface area contributed by atoms with Crippen LogP contribution in [0.15, 0.2) is 132 Å². The average molecular weight is 1170 g/mol. The number of methoxy groups -OCH3 is 2. The van der Waals surface area contributed by atoms with Gasteiger partial charge in [0.1, 0.15) is 82.4 Å². The normalized spacial score (nSPS) is 11.7. The monoisotopic (exact) mass is 1170 g/mol. The first-order valence-corrected chi connectivity index (χ1v) is 24.9. The maximum Gasteiger partial charge on any atom is 0.266 e. The lowest BCUT2D eigenvalue weighted by atomic mass is 10.0. The summed E-state index contributed by atoms with van der Waals surface area (Å²) in [6.07, 6.45) is 4.45. The second kappa shape index (κ2) is 23.4. The van der Waals surface area contributed by atoms with E-state index in [4.69, 9.17) is 20.9 Å². The Labute approximate surface area is 483 Å². The quantitative estimate of drug-likeness (QED) is 0.120. The zero-order valence-corrected chi connectivity index (χ0v) is 44.0. The molecular formula is C60H46F6N16O4. The Kier molecular flexibility index (Phi) is 16.1. The first kappa shape index (κ1) is 59.1. The van der Waals surface area contributed by atoms with E-state index >= 15 is 0 Å². The molecule has 0 radical (unpaired) electrons. The van der Waals surface area contributed by atoms with Gasteiger partial charge in [-0.05, 0) is 97.8 Å². The third-order valence-corrected chi connectivity index (χ3v) is 13.7. The van der Waals surface area contributed by atoms with Gasteiger partial charge in [-0.25, -0.2) is 65.6 Å².